The molecule has 0 atom stereocenters. The molecule has 102 valence electrons. The summed E-state index contributed by atoms with van der Waals surface area (Å²) in [6, 6.07) is 2.80. The highest BCUT2D eigenvalue weighted by Crippen LogP contribution is 2.31. The number of hydrogen-bond donors (Lipinski definition) is 1. The summed E-state index contributed by atoms with van der Waals surface area (Å²) in [6.07, 6.45) is 0. The molecule has 0 heterocycles. The Morgan fingerprint density at radius 1 is 1.33 bits per heavy atom. The van der Waals surface area contributed by atoms with Crippen LogP contribution in [0.5, 0.6) is 0 Å². The Bertz CT molecular complexity index is 519. The third-order valence-electron chi connectivity index (χ3n) is 2.17. The van der Waals surface area contributed by atoms with Crippen LogP contribution in [0.4, 0.5) is 0 Å². The minimum absolute atomic E-state index is 0.0408. The largest absolute Gasteiger partial charge is 0.383 e. The smallest absolute Gasteiger partial charge is 0.242 e. The molecule has 18 heavy (non-hydrogen) atoms. The number of sulfonamides is 1. The van der Waals surface area contributed by atoms with Crippen LogP contribution in [0, 0.1) is 0 Å². The molecule has 1 N–H and O–H groups in total. The summed E-state index contributed by atoms with van der Waals surface area (Å²) >= 11 is 17.5. The Labute approximate surface area is 121 Å². The minimum Gasteiger partial charge on any atom is -0.383 e. The normalized spacial score (nSPS) is 11.8. The van der Waals surface area contributed by atoms with Crippen LogP contribution in [0.3, 0.4) is 0 Å². The third-order valence-corrected chi connectivity index (χ3v) is 4.84. The predicted molar refractivity (Wildman–Crippen MR) is 73.1 cm³/mol. The van der Waals surface area contributed by atoms with Crippen LogP contribution in [0.1, 0.15) is 5.56 Å². The maximum absolute atomic E-state index is 12.0. The van der Waals surface area contributed by atoms with Crippen LogP contribution in [-0.2, 0) is 20.6 Å². The van der Waals surface area contributed by atoms with Gasteiger partial charge in [-0.1, -0.05) is 23.2 Å². The van der Waals surface area contributed by atoms with Gasteiger partial charge in [0, 0.05) is 24.2 Å². The van der Waals surface area contributed by atoms with Crippen LogP contribution in [0.25, 0.3) is 0 Å². The standard InChI is InChI=1S/C10H12Cl3NO3S/c1-17-5-4-14-18(15,16)9-3-2-8(12)7(6-11)10(9)13/h2-3,14H,4-6H2,1H3. The summed E-state index contributed by atoms with van der Waals surface area (Å²) in [7, 11) is -2.21. The molecule has 1 rings (SSSR count). The van der Waals surface area contributed by atoms with Crippen molar-refractivity contribution >= 4 is 44.8 Å². The highest BCUT2D eigenvalue weighted by atomic mass is 35.5. The van der Waals surface area contributed by atoms with Crippen molar-refractivity contribution in [2.24, 2.45) is 0 Å². The van der Waals surface area contributed by atoms with Gasteiger partial charge in [-0.2, -0.15) is 0 Å². The molecule has 0 fully saturated rings. The van der Waals surface area contributed by atoms with E-state index < -0.39 is 10.0 Å². The number of benzene rings is 1. The summed E-state index contributed by atoms with van der Waals surface area (Å²) in [5, 5.41) is 0.383. The van der Waals surface area contributed by atoms with E-state index in [0.29, 0.717) is 10.6 Å². The Morgan fingerprint density at radius 2 is 2.00 bits per heavy atom. The first kappa shape index (κ1) is 16.0. The van der Waals surface area contributed by atoms with E-state index in [-0.39, 0.29) is 28.9 Å². The number of nitrogens with one attached hydrogen (secondary N) is 1. The molecule has 0 aliphatic heterocycles. The Kier molecular flexibility index (Phi) is 6.17. The van der Waals surface area contributed by atoms with Gasteiger partial charge >= 0.3 is 0 Å². The van der Waals surface area contributed by atoms with Gasteiger partial charge in [-0.05, 0) is 12.1 Å². The second kappa shape index (κ2) is 6.93. The van der Waals surface area contributed by atoms with Gasteiger partial charge in [0.1, 0.15) is 4.90 Å². The van der Waals surface area contributed by atoms with E-state index in [1.54, 1.807) is 0 Å². The summed E-state index contributed by atoms with van der Waals surface area (Å²) in [5.74, 6) is 0.0408. The monoisotopic (exact) mass is 331 g/mol. The van der Waals surface area contributed by atoms with E-state index in [0.717, 1.165) is 0 Å². The van der Waals surface area contributed by atoms with Crippen molar-refractivity contribution < 1.29 is 13.2 Å². The van der Waals surface area contributed by atoms with E-state index in [1.165, 1.54) is 19.2 Å². The lowest BCUT2D eigenvalue weighted by atomic mass is 10.2. The maximum atomic E-state index is 12.0. The fourth-order valence-electron chi connectivity index (χ4n) is 1.26. The second-order valence-corrected chi connectivity index (χ2v) is 6.15. The molecular formula is C10H12Cl3NO3S. The summed E-state index contributed by atoms with van der Waals surface area (Å²) in [5.41, 5.74) is 0.398. The van der Waals surface area contributed by atoms with E-state index in [2.05, 4.69) is 4.72 Å². The molecule has 0 bridgehead atoms. The van der Waals surface area contributed by atoms with Crippen LogP contribution in [0.15, 0.2) is 17.0 Å². The lowest BCUT2D eigenvalue weighted by molar-refractivity contribution is 0.204. The zero-order valence-electron chi connectivity index (χ0n) is 9.54. The quantitative estimate of drug-likeness (QED) is 0.643. The number of hydrogen-bond acceptors (Lipinski definition) is 3. The summed E-state index contributed by atoms with van der Waals surface area (Å²) < 4.78 is 31.1. The van der Waals surface area contributed by atoms with Crippen LogP contribution >= 0.6 is 34.8 Å². The van der Waals surface area contributed by atoms with Gasteiger partial charge in [0.15, 0.2) is 0 Å². The van der Waals surface area contributed by atoms with Crippen molar-refractivity contribution in [3.8, 4) is 0 Å². The zero-order valence-corrected chi connectivity index (χ0v) is 12.6. The molecule has 0 unspecified atom stereocenters. The number of alkyl halides is 1. The first-order chi connectivity index (χ1) is 8.44. The average Bonchev–Trinajstić information content (AvgIpc) is 2.29. The summed E-state index contributed by atoms with van der Waals surface area (Å²) in [6.45, 7) is 0.431. The number of halogens is 3. The van der Waals surface area contributed by atoms with E-state index >= 15 is 0 Å². The molecule has 4 nitrogen and oxygen atoms in total. The van der Waals surface area contributed by atoms with Crippen LogP contribution < -0.4 is 4.72 Å². The SMILES string of the molecule is COCCNS(=O)(=O)c1ccc(Cl)c(CCl)c1Cl. The van der Waals surface area contributed by atoms with Crippen molar-refractivity contribution in [2.45, 2.75) is 10.8 Å². The van der Waals surface area contributed by atoms with E-state index in [1.807, 2.05) is 0 Å². The third kappa shape index (κ3) is 3.73. The van der Waals surface area contributed by atoms with Gasteiger partial charge in [0.25, 0.3) is 0 Å². The highest BCUT2D eigenvalue weighted by Gasteiger charge is 2.20. The molecule has 0 amide bonds. The maximum Gasteiger partial charge on any atom is 0.242 e. The molecule has 0 aliphatic carbocycles. The molecule has 1 aromatic rings. The minimum atomic E-state index is -3.69. The fourth-order valence-corrected chi connectivity index (χ4v) is 3.60. The fraction of sp³-hybridized carbons (Fsp3) is 0.400. The molecule has 0 aromatic heterocycles. The Hall–Kier alpha value is -0.0400. The van der Waals surface area contributed by atoms with Gasteiger partial charge in [-0.3, -0.25) is 0 Å². The molecule has 0 radical (unpaired) electrons. The first-order valence-corrected chi connectivity index (χ1v) is 7.73. The Balaban J connectivity index is 3.10. The average molecular weight is 333 g/mol. The lowest BCUT2D eigenvalue weighted by Crippen LogP contribution is -2.27. The van der Waals surface area contributed by atoms with Gasteiger partial charge in [-0.25, -0.2) is 13.1 Å². The van der Waals surface area contributed by atoms with Gasteiger partial charge in [-0.15, -0.1) is 11.6 Å². The highest BCUT2D eigenvalue weighted by molar-refractivity contribution is 7.89. The number of rotatable bonds is 6. The van der Waals surface area contributed by atoms with Crippen LogP contribution in [-0.4, -0.2) is 28.7 Å². The van der Waals surface area contributed by atoms with Crippen molar-refractivity contribution in [1.82, 2.24) is 4.72 Å². The first-order valence-electron chi connectivity index (χ1n) is 4.95. The molecule has 0 spiro atoms. The number of methoxy groups -OCH3 is 1. The van der Waals surface area contributed by atoms with Gasteiger partial charge in [0.2, 0.25) is 10.0 Å². The molecular weight excluding hydrogens is 321 g/mol. The zero-order chi connectivity index (χ0) is 13.8. The van der Waals surface area contributed by atoms with E-state index in [4.69, 9.17) is 39.5 Å². The lowest BCUT2D eigenvalue weighted by Gasteiger charge is -2.11. The van der Waals surface area contributed by atoms with Gasteiger partial charge < -0.3 is 4.74 Å². The van der Waals surface area contributed by atoms with Crippen LogP contribution in [0.2, 0.25) is 10.0 Å². The van der Waals surface area contributed by atoms with Crippen molar-refractivity contribution in [2.75, 3.05) is 20.3 Å². The predicted octanol–water partition coefficient (Wildman–Crippen LogP) is 2.66. The number of ether oxygens (including phenoxy) is 1. The Morgan fingerprint density at radius 3 is 2.56 bits per heavy atom. The van der Waals surface area contributed by atoms with Gasteiger partial charge in [0.05, 0.1) is 17.5 Å². The van der Waals surface area contributed by atoms with E-state index in [9.17, 15) is 8.42 Å². The molecule has 0 saturated heterocycles. The topological polar surface area (TPSA) is 55.4 Å². The molecule has 8 heteroatoms. The molecule has 0 aliphatic rings. The summed E-state index contributed by atoms with van der Waals surface area (Å²) in [4.78, 5) is -0.0414. The molecule has 0 saturated carbocycles. The second-order valence-electron chi connectivity index (χ2n) is 3.36. The van der Waals surface area contributed by atoms with Crippen molar-refractivity contribution in [1.29, 1.82) is 0 Å². The van der Waals surface area contributed by atoms with Crippen molar-refractivity contribution in [3.63, 3.8) is 0 Å². The van der Waals surface area contributed by atoms with Crippen molar-refractivity contribution in [3.05, 3.63) is 27.7 Å². The molecule has 1 aromatic carbocycles.